The number of cyclic esters (lactones) is 1. The zero-order valence-electron chi connectivity index (χ0n) is 13.3. The molecule has 6 heteroatoms. The first-order valence-electron chi connectivity index (χ1n) is 7.23. The minimum absolute atomic E-state index is 0.0786. The fourth-order valence-corrected chi connectivity index (χ4v) is 2.26. The maximum absolute atomic E-state index is 12.0. The smallest absolute Gasteiger partial charge is 0.412 e. The van der Waals surface area contributed by atoms with Crippen molar-refractivity contribution in [2.24, 2.45) is 0 Å². The van der Waals surface area contributed by atoms with Crippen LogP contribution in [0.5, 0.6) is 0 Å². The highest BCUT2D eigenvalue weighted by Crippen LogP contribution is 2.36. The minimum atomic E-state index is -1.45. The van der Waals surface area contributed by atoms with Gasteiger partial charge in [-0.1, -0.05) is 17.7 Å². The second-order valence-electron chi connectivity index (χ2n) is 6.21. The van der Waals surface area contributed by atoms with E-state index in [1.54, 1.807) is 13.8 Å². The lowest BCUT2D eigenvalue weighted by molar-refractivity contribution is -0.130. The third-order valence-corrected chi connectivity index (χ3v) is 4.13. The molecule has 1 aromatic rings. The van der Waals surface area contributed by atoms with Gasteiger partial charge in [0.2, 0.25) is 5.91 Å². The van der Waals surface area contributed by atoms with E-state index in [9.17, 15) is 14.7 Å². The number of ether oxygens (including phenoxy) is 1. The van der Waals surface area contributed by atoms with E-state index >= 15 is 0 Å². The van der Waals surface area contributed by atoms with Crippen LogP contribution >= 0.6 is 0 Å². The van der Waals surface area contributed by atoms with Gasteiger partial charge in [0.25, 0.3) is 0 Å². The number of amides is 2. The number of aryl methyl sites for hydroxylation is 1. The molecule has 120 valence electrons. The zero-order chi connectivity index (χ0) is 16.5. The Kier molecular flexibility index (Phi) is 4.15. The van der Waals surface area contributed by atoms with Gasteiger partial charge in [0.1, 0.15) is 0 Å². The molecule has 0 spiro atoms. The number of nitrogens with zero attached hydrogens (tertiary/aromatic N) is 1. The molecule has 1 atom stereocenters. The van der Waals surface area contributed by atoms with Crippen molar-refractivity contribution >= 4 is 17.7 Å². The third kappa shape index (κ3) is 3.06. The fraction of sp³-hybridized carbons (Fsp3) is 0.500. The molecule has 0 radical (unpaired) electrons. The lowest BCUT2D eigenvalue weighted by atomic mass is 9.96. The summed E-state index contributed by atoms with van der Waals surface area (Å²) in [6.07, 6.45) is -0.534. The van der Waals surface area contributed by atoms with Crippen LogP contribution in [0.1, 0.15) is 32.8 Å². The maximum atomic E-state index is 12.0. The molecule has 0 aromatic heterocycles. The first-order valence-corrected chi connectivity index (χ1v) is 7.23. The molecule has 2 amide bonds. The Morgan fingerprint density at radius 1 is 1.27 bits per heavy atom. The van der Waals surface area contributed by atoms with Crippen molar-refractivity contribution in [1.82, 2.24) is 4.90 Å². The minimum Gasteiger partial charge on any atom is -0.438 e. The highest BCUT2D eigenvalue weighted by atomic mass is 16.6. The van der Waals surface area contributed by atoms with Crippen molar-refractivity contribution in [3.8, 4) is 0 Å². The van der Waals surface area contributed by atoms with Crippen molar-refractivity contribution in [2.75, 3.05) is 11.9 Å². The Morgan fingerprint density at radius 3 is 2.36 bits per heavy atom. The van der Waals surface area contributed by atoms with Gasteiger partial charge in [0.15, 0.2) is 11.3 Å². The number of carbonyl (C=O) groups excluding carboxylic acids is 2. The van der Waals surface area contributed by atoms with Gasteiger partial charge in [0, 0.05) is 18.7 Å². The fourth-order valence-electron chi connectivity index (χ4n) is 2.26. The number of hydrogen-bond acceptors (Lipinski definition) is 4. The number of hydrogen-bond donors (Lipinski definition) is 2. The van der Waals surface area contributed by atoms with E-state index in [2.05, 4.69) is 5.32 Å². The van der Waals surface area contributed by atoms with Crippen molar-refractivity contribution < 1.29 is 19.4 Å². The number of nitrogens with one attached hydrogen (secondary N) is 1. The third-order valence-electron chi connectivity index (χ3n) is 4.13. The summed E-state index contributed by atoms with van der Waals surface area (Å²) in [6.45, 7) is 6.84. The summed E-state index contributed by atoms with van der Waals surface area (Å²) in [5, 5.41) is 13.2. The van der Waals surface area contributed by atoms with Crippen LogP contribution in [0.15, 0.2) is 24.3 Å². The van der Waals surface area contributed by atoms with Gasteiger partial charge in [-0.2, -0.15) is 0 Å². The normalized spacial score (nSPS) is 23.3. The molecular formula is C16H22N2O4. The van der Waals surface area contributed by atoms with Gasteiger partial charge in [-0.3, -0.25) is 9.69 Å². The van der Waals surface area contributed by atoms with Gasteiger partial charge in [-0.25, -0.2) is 4.79 Å². The molecule has 2 N–H and O–H groups in total. The van der Waals surface area contributed by atoms with Gasteiger partial charge in [-0.15, -0.1) is 0 Å². The van der Waals surface area contributed by atoms with Crippen LogP contribution in [0.4, 0.5) is 10.5 Å². The maximum Gasteiger partial charge on any atom is 0.412 e. The molecule has 1 saturated heterocycles. The number of rotatable bonds is 4. The molecule has 1 aromatic carbocycles. The molecule has 1 fully saturated rings. The first kappa shape index (κ1) is 16.3. The molecule has 1 aliphatic rings. The number of aliphatic hydroxyl groups is 1. The molecule has 6 nitrogen and oxygen atoms in total. The summed E-state index contributed by atoms with van der Waals surface area (Å²) in [6, 6.07) is 7.44. The molecule has 0 unspecified atom stereocenters. The molecule has 0 aliphatic carbocycles. The molecule has 1 aliphatic heterocycles. The van der Waals surface area contributed by atoms with Gasteiger partial charge < -0.3 is 15.2 Å². The quantitative estimate of drug-likeness (QED) is 0.894. The van der Waals surface area contributed by atoms with Crippen LogP contribution in [0, 0.1) is 6.92 Å². The zero-order valence-corrected chi connectivity index (χ0v) is 13.3. The summed E-state index contributed by atoms with van der Waals surface area (Å²) in [5.74, 6) is -0.225. The summed E-state index contributed by atoms with van der Waals surface area (Å²) < 4.78 is 5.15. The molecule has 2 rings (SSSR count). The van der Waals surface area contributed by atoms with Gasteiger partial charge in [-0.05, 0) is 39.8 Å². The van der Waals surface area contributed by atoms with E-state index in [0.717, 1.165) is 5.56 Å². The highest BCUT2D eigenvalue weighted by molar-refractivity contribution is 5.91. The molecule has 22 heavy (non-hydrogen) atoms. The van der Waals surface area contributed by atoms with E-state index in [4.69, 9.17) is 4.74 Å². The van der Waals surface area contributed by atoms with E-state index in [0.29, 0.717) is 5.69 Å². The van der Waals surface area contributed by atoms with Crippen LogP contribution in [-0.4, -0.2) is 39.9 Å². The summed E-state index contributed by atoms with van der Waals surface area (Å²) >= 11 is 0. The largest absolute Gasteiger partial charge is 0.438 e. The molecule has 1 heterocycles. The second-order valence-corrected chi connectivity index (χ2v) is 6.21. The predicted molar refractivity (Wildman–Crippen MR) is 82.3 cm³/mol. The lowest BCUT2D eigenvalue weighted by Gasteiger charge is -2.34. The van der Waals surface area contributed by atoms with Gasteiger partial charge in [0.05, 0.1) is 0 Å². The first-order chi connectivity index (χ1) is 10.1. The van der Waals surface area contributed by atoms with Crippen molar-refractivity contribution in [3.05, 3.63) is 29.8 Å². The molecule has 0 saturated carbocycles. The number of benzene rings is 1. The Bertz CT molecular complexity index is 578. The second kappa shape index (κ2) is 5.61. The van der Waals surface area contributed by atoms with Crippen molar-refractivity contribution in [3.63, 3.8) is 0 Å². The summed E-state index contributed by atoms with van der Waals surface area (Å²) in [5.41, 5.74) is -0.658. The SMILES string of the molecule is Cc1ccc(NC(=O)CCN2C(=O)OC(C)(C)[C@@]2(C)O)cc1. The topological polar surface area (TPSA) is 78.9 Å². The van der Waals surface area contributed by atoms with Crippen LogP contribution in [0.3, 0.4) is 0 Å². The monoisotopic (exact) mass is 306 g/mol. The number of carbonyl (C=O) groups is 2. The van der Waals surface area contributed by atoms with E-state index in [1.807, 2.05) is 31.2 Å². The van der Waals surface area contributed by atoms with Crippen LogP contribution in [0.2, 0.25) is 0 Å². The summed E-state index contributed by atoms with van der Waals surface area (Å²) in [7, 11) is 0. The Hall–Kier alpha value is -2.08. The van der Waals surface area contributed by atoms with Crippen LogP contribution in [-0.2, 0) is 9.53 Å². The average Bonchev–Trinajstić information content (AvgIpc) is 2.55. The summed E-state index contributed by atoms with van der Waals surface area (Å²) in [4.78, 5) is 25.0. The van der Waals surface area contributed by atoms with Crippen LogP contribution in [0.25, 0.3) is 0 Å². The molecular weight excluding hydrogens is 284 g/mol. The lowest BCUT2D eigenvalue weighted by Crippen LogP contribution is -2.54. The Morgan fingerprint density at radius 2 is 1.86 bits per heavy atom. The van der Waals surface area contributed by atoms with Gasteiger partial charge >= 0.3 is 6.09 Å². The van der Waals surface area contributed by atoms with Crippen molar-refractivity contribution in [2.45, 2.75) is 45.4 Å². The number of anilines is 1. The highest BCUT2D eigenvalue weighted by Gasteiger charge is 2.56. The molecule has 0 bridgehead atoms. The van der Waals surface area contributed by atoms with E-state index in [1.165, 1.54) is 11.8 Å². The van der Waals surface area contributed by atoms with Crippen LogP contribution < -0.4 is 5.32 Å². The average molecular weight is 306 g/mol. The predicted octanol–water partition coefficient (Wildman–Crippen LogP) is 2.26. The van der Waals surface area contributed by atoms with Crippen molar-refractivity contribution in [1.29, 1.82) is 0 Å². The van der Waals surface area contributed by atoms with E-state index in [-0.39, 0.29) is 18.9 Å². The Balaban J connectivity index is 1.94. The standard InChI is InChI=1S/C16H22N2O4/c1-11-5-7-12(8-6-11)17-13(19)9-10-18-14(20)22-15(2,3)16(18,4)21/h5-8,21H,9-10H2,1-4H3,(H,17,19)/t16-/m1/s1. The Labute approximate surface area is 130 Å². The van der Waals surface area contributed by atoms with E-state index < -0.39 is 17.4 Å².